The van der Waals surface area contributed by atoms with Gasteiger partial charge in [0.25, 0.3) is 0 Å². The summed E-state index contributed by atoms with van der Waals surface area (Å²) in [5, 5.41) is 9.26. The van der Waals surface area contributed by atoms with E-state index >= 15 is 0 Å². The van der Waals surface area contributed by atoms with Gasteiger partial charge in [-0.1, -0.05) is 36.0 Å². The summed E-state index contributed by atoms with van der Waals surface area (Å²) in [5.41, 5.74) is 0.945. The van der Waals surface area contributed by atoms with Crippen LogP contribution in [0.5, 0.6) is 5.75 Å². The molecule has 0 aromatic heterocycles. The van der Waals surface area contributed by atoms with Gasteiger partial charge in [0.1, 0.15) is 5.75 Å². The Morgan fingerprint density at radius 3 is 2.71 bits per heavy atom. The summed E-state index contributed by atoms with van der Waals surface area (Å²) in [6.45, 7) is 0.0626. The molecule has 0 spiro atoms. The van der Waals surface area contributed by atoms with Gasteiger partial charge < -0.3 is 9.84 Å². The standard InChI is InChI=1S/C14H14O2S/c1-16-12-6-4-7-13(9-12)17-14-8-3-2-5-11(14)10-15/h2-9,15H,10H2,1H3. The van der Waals surface area contributed by atoms with E-state index in [4.69, 9.17) is 4.74 Å². The number of aliphatic hydroxyl groups is 1. The minimum atomic E-state index is 0.0626. The highest BCUT2D eigenvalue weighted by molar-refractivity contribution is 7.99. The van der Waals surface area contributed by atoms with Crippen LogP contribution >= 0.6 is 11.8 Å². The molecule has 0 saturated carbocycles. The van der Waals surface area contributed by atoms with Crippen LogP contribution in [-0.2, 0) is 6.61 Å². The summed E-state index contributed by atoms with van der Waals surface area (Å²) in [4.78, 5) is 2.17. The largest absolute Gasteiger partial charge is 0.497 e. The highest BCUT2D eigenvalue weighted by Gasteiger charge is 2.03. The van der Waals surface area contributed by atoms with Crippen LogP contribution in [0.2, 0.25) is 0 Å². The van der Waals surface area contributed by atoms with E-state index in [1.165, 1.54) is 0 Å². The first-order valence-electron chi connectivity index (χ1n) is 5.34. The molecule has 0 fully saturated rings. The molecule has 0 aliphatic carbocycles. The van der Waals surface area contributed by atoms with Crippen LogP contribution in [0.25, 0.3) is 0 Å². The average molecular weight is 246 g/mol. The van der Waals surface area contributed by atoms with Crippen molar-refractivity contribution in [1.29, 1.82) is 0 Å². The maximum atomic E-state index is 9.26. The summed E-state index contributed by atoms with van der Waals surface area (Å²) in [6.07, 6.45) is 0. The van der Waals surface area contributed by atoms with Crippen LogP contribution in [0.15, 0.2) is 58.3 Å². The molecule has 0 aliphatic rings. The van der Waals surface area contributed by atoms with Crippen LogP contribution < -0.4 is 4.74 Å². The van der Waals surface area contributed by atoms with Crippen LogP contribution in [-0.4, -0.2) is 12.2 Å². The van der Waals surface area contributed by atoms with Gasteiger partial charge in [-0.25, -0.2) is 0 Å². The van der Waals surface area contributed by atoms with Crippen LogP contribution in [0.1, 0.15) is 5.56 Å². The van der Waals surface area contributed by atoms with E-state index in [9.17, 15) is 5.11 Å². The zero-order valence-corrected chi connectivity index (χ0v) is 10.4. The second-order valence-corrected chi connectivity index (χ2v) is 4.66. The zero-order valence-electron chi connectivity index (χ0n) is 9.59. The van der Waals surface area contributed by atoms with Crippen LogP contribution in [0.4, 0.5) is 0 Å². The van der Waals surface area contributed by atoms with Crippen LogP contribution in [0, 0.1) is 0 Å². The summed E-state index contributed by atoms with van der Waals surface area (Å²) in [7, 11) is 1.66. The molecule has 0 amide bonds. The smallest absolute Gasteiger partial charge is 0.119 e. The summed E-state index contributed by atoms with van der Waals surface area (Å²) >= 11 is 1.63. The molecule has 1 N–H and O–H groups in total. The van der Waals surface area contributed by atoms with Crippen molar-refractivity contribution in [2.45, 2.75) is 16.4 Å². The lowest BCUT2D eigenvalue weighted by molar-refractivity contribution is 0.279. The van der Waals surface area contributed by atoms with Crippen LogP contribution in [0.3, 0.4) is 0 Å². The topological polar surface area (TPSA) is 29.5 Å². The Kier molecular flexibility index (Phi) is 4.07. The van der Waals surface area contributed by atoms with Gasteiger partial charge in [0.15, 0.2) is 0 Å². The highest BCUT2D eigenvalue weighted by Crippen LogP contribution is 2.32. The maximum Gasteiger partial charge on any atom is 0.119 e. The molecule has 17 heavy (non-hydrogen) atoms. The molecule has 3 heteroatoms. The Morgan fingerprint density at radius 2 is 1.94 bits per heavy atom. The lowest BCUT2D eigenvalue weighted by atomic mass is 10.2. The van der Waals surface area contributed by atoms with E-state index in [0.29, 0.717) is 0 Å². The number of benzene rings is 2. The maximum absolute atomic E-state index is 9.26. The fraction of sp³-hybridized carbons (Fsp3) is 0.143. The van der Waals surface area contributed by atoms with Gasteiger partial charge in [-0.3, -0.25) is 0 Å². The number of methoxy groups -OCH3 is 1. The minimum Gasteiger partial charge on any atom is -0.497 e. The van der Waals surface area contributed by atoms with E-state index < -0.39 is 0 Å². The van der Waals surface area contributed by atoms with Gasteiger partial charge in [-0.15, -0.1) is 0 Å². The average Bonchev–Trinajstić information content (AvgIpc) is 2.39. The monoisotopic (exact) mass is 246 g/mol. The fourth-order valence-corrected chi connectivity index (χ4v) is 2.51. The Balaban J connectivity index is 2.24. The third kappa shape index (κ3) is 3.02. The quantitative estimate of drug-likeness (QED) is 0.897. The Bertz CT molecular complexity index is 497. The van der Waals surface area contributed by atoms with Crippen molar-refractivity contribution < 1.29 is 9.84 Å². The van der Waals surface area contributed by atoms with Crippen molar-refractivity contribution in [2.75, 3.05) is 7.11 Å². The predicted octanol–water partition coefficient (Wildman–Crippen LogP) is 3.34. The lowest BCUT2D eigenvalue weighted by Gasteiger charge is -2.07. The van der Waals surface area contributed by atoms with Gasteiger partial charge in [-0.2, -0.15) is 0 Å². The molecule has 0 radical (unpaired) electrons. The van der Waals surface area contributed by atoms with Gasteiger partial charge in [-0.05, 0) is 29.8 Å². The molecule has 2 aromatic carbocycles. The summed E-state index contributed by atoms with van der Waals surface area (Å²) < 4.78 is 5.19. The first-order chi connectivity index (χ1) is 8.33. The van der Waals surface area contributed by atoms with E-state index in [2.05, 4.69) is 0 Å². The third-order valence-electron chi connectivity index (χ3n) is 2.41. The molecule has 88 valence electrons. The lowest BCUT2D eigenvalue weighted by Crippen LogP contribution is -1.87. The normalized spacial score (nSPS) is 10.2. The van der Waals surface area contributed by atoms with E-state index in [0.717, 1.165) is 21.1 Å². The molecule has 2 aromatic rings. The molecule has 0 unspecified atom stereocenters. The highest BCUT2D eigenvalue weighted by atomic mass is 32.2. The first-order valence-corrected chi connectivity index (χ1v) is 6.16. The SMILES string of the molecule is COc1cccc(Sc2ccccc2CO)c1. The van der Waals surface area contributed by atoms with Crippen molar-refractivity contribution in [1.82, 2.24) is 0 Å². The number of rotatable bonds is 4. The molecule has 0 atom stereocenters. The molecule has 0 saturated heterocycles. The molecule has 2 nitrogen and oxygen atoms in total. The molecule has 0 heterocycles. The Morgan fingerprint density at radius 1 is 1.12 bits per heavy atom. The molecule has 2 rings (SSSR count). The van der Waals surface area contributed by atoms with Gasteiger partial charge in [0.2, 0.25) is 0 Å². The van der Waals surface area contributed by atoms with Crippen molar-refractivity contribution in [2.24, 2.45) is 0 Å². The van der Waals surface area contributed by atoms with E-state index in [1.807, 2.05) is 48.5 Å². The second-order valence-electron chi connectivity index (χ2n) is 3.55. The van der Waals surface area contributed by atoms with Gasteiger partial charge in [0.05, 0.1) is 13.7 Å². The zero-order chi connectivity index (χ0) is 12.1. The molecule has 0 bridgehead atoms. The van der Waals surface area contributed by atoms with Gasteiger partial charge >= 0.3 is 0 Å². The molecular formula is C14H14O2S. The van der Waals surface area contributed by atoms with Crippen molar-refractivity contribution >= 4 is 11.8 Å². The minimum absolute atomic E-state index is 0.0626. The van der Waals surface area contributed by atoms with Gasteiger partial charge in [0, 0.05) is 9.79 Å². The predicted molar refractivity (Wildman–Crippen MR) is 69.5 cm³/mol. The first kappa shape index (κ1) is 12.0. The summed E-state index contributed by atoms with van der Waals surface area (Å²) in [6, 6.07) is 15.7. The second kappa shape index (κ2) is 5.75. The number of hydrogen-bond donors (Lipinski definition) is 1. The van der Waals surface area contributed by atoms with E-state index in [1.54, 1.807) is 18.9 Å². The Labute approximate surface area is 105 Å². The molecule has 0 aliphatic heterocycles. The third-order valence-corrected chi connectivity index (χ3v) is 3.52. The number of aliphatic hydroxyl groups excluding tert-OH is 1. The van der Waals surface area contributed by atoms with Crippen molar-refractivity contribution in [3.8, 4) is 5.75 Å². The van der Waals surface area contributed by atoms with Crippen molar-refractivity contribution in [3.05, 3.63) is 54.1 Å². The summed E-state index contributed by atoms with van der Waals surface area (Å²) in [5.74, 6) is 0.844. The van der Waals surface area contributed by atoms with Crippen molar-refractivity contribution in [3.63, 3.8) is 0 Å². The molecular weight excluding hydrogens is 232 g/mol. The van der Waals surface area contributed by atoms with E-state index in [-0.39, 0.29) is 6.61 Å². The Hall–Kier alpha value is -1.45. The number of ether oxygens (including phenoxy) is 1. The number of hydrogen-bond acceptors (Lipinski definition) is 3. The fourth-order valence-electron chi connectivity index (χ4n) is 1.53.